The van der Waals surface area contributed by atoms with Crippen molar-refractivity contribution < 1.29 is 4.79 Å². The van der Waals surface area contributed by atoms with Gasteiger partial charge in [-0.25, -0.2) is 0 Å². The van der Waals surface area contributed by atoms with E-state index in [1.54, 1.807) is 11.3 Å². The molecule has 3 heteroatoms. The Balaban J connectivity index is 2.63. The van der Waals surface area contributed by atoms with Gasteiger partial charge in [-0.2, -0.15) is 0 Å². The Morgan fingerprint density at radius 2 is 2.50 bits per heavy atom. The number of hydrogen-bond donors (Lipinski definition) is 0. The molecule has 0 spiro atoms. The maximum absolute atomic E-state index is 10.7. The van der Waals surface area contributed by atoms with Gasteiger partial charge in [0.2, 0.25) is 5.24 Å². The molecule has 1 aromatic heterocycles. The van der Waals surface area contributed by atoms with Crippen LogP contribution in [0.5, 0.6) is 0 Å². The zero-order valence-corrected chi connectivity index (χ0v) is 8.49. The summed E-state index contributed by atoms with van der Waals surface area (Å²) in [7, 11) is 0. The first kappa shape index (κ1) is 9.75. The molecule has 0 aliphatic rings. The molecule has 66 valence electrons. The number of carbonyl (C=O) groups excluding carboxylic acids is 1. The minimum atomic E-state index is -0.241. The molecule has 0 saturated heterocycles. The zero-order chi connectivity index (χ0) is 8.97. The van der Waals surface area contributed by atoms with Crippen molar-refractivity contribution in [2.24, 2.45) is 0 Å². The van der Waals surface area contributed by atoms with E-state index >= 15 is 0 Å². The van der Waals surface area contributed by atoms with Crippen LogP contribution in [0.25, 0.3) is 0 Å². The molecule has 0 aliphatic heterocycles. The molecule has 0 amide bonds. The molecule has 0 N–H and O–H groups in total. The third-order valence-corrected chi connectivity index (χ3v) is 3.03. The lowest BCUT2D eigenvalue weighted by atomic mass is 10.0. The number of carbonyl (C=O) groups is 1. The second-order valence-electron chi connectivity index (χ2n) is 2.68. The second kappa shape index (κ2) is 4.63. The molecule has 0 aliphatic carbocycles. The minimum absolute atomic E-state index is 0.241. The van der Waals surface area contributed by atoms with E-state index in [0.717, 1.165) is 6.42 Å². The van der Waals surface area contributed by atoms with Crippen molar-refractivity contribution in [2.45, 2.75) is 25.7 Å². The molecule has 12 heavy (non-hydrogen) atoms. The fourth-order valence-electron chi connectivity index (χ4n) is 1.16. The largest absolute Gasteiger partial charge is 0.281 e. The van der Waals surface area contributed by atoms with Gasteiger partial charge in [0.25, 0.3) is 0 Å². The number of rotatable bonds is 4. The average Bonchev–Trinajstić information content (AvgIpc) is 2.51. The zero-order valence-electron chi connectivity index (χ0n) is 6.92. The van der Waals surface area contributed by atoms with Crippen LogP contribution in [0, 0.1) is 0 Å². The van der Waals surface area contributed by atoms with Crippen molar-refractivity contribution in [3.05, 3.63) is 22.4 Å². The summed E-state index contributed by atoms with van der Waals surface area (Å²) in [6.45, 7) is 2.07. The highest BCUT2D eigenvalue weighted by Crippen LogP contribution is 2.27. The summed E-state index contributed by atoms with van der Waals surface area (Å²) in [5.41, 5.74) is 0. The Hall–Kier alpha value is -0.340. The fourth-order valence-corrected chi connectivity index (χ4v) is 2.26. The van der Waals surface area contributed by atoms with Crippen LogP contribution in [0.1, 0.15) is 30.6 Å². The molecule has 1 rings (SSSR count). The summed E-state index contributed by atoms with van der Waals surface area (Å²) in [6.07, 6.45) is 1.43. The van der Waals surface area contributed by atoms with Gasteiger partial charge < -0.3 is 0 Å². The van der Waals surface area contributed by atoms with Crippen molar-refractivity contribution in [2.75, 3.05) is 0 Å². The van der Waals surface area contributed by atoms with Gasteiger partial charge in [0, 0.05) is 17.2 Å². The lowest BCUT2D eigenvalue weighted by Crippen LogP contribution is -1.99. The van der Waals surface area contributed by atoms with Crippen molar-refractivity contribution in [1.29, 1.82) is 0 Å². The van der Waals surface area contributed by atoms with E-state index in [9.17, 15) is 4.79 Å². The summed E-state index contributed by atoms with van der Waals surface area (Å²) in [6, 6.07) is 4.06. The van der Waals surface area contributed by atoms with Crippen LogP contribution in [0.4, 0.5) is 0 Å². The molecular formula is C9H11ClOS. The summed E-state index contributed by atoms with van der Waals surface area (Å²) in [4.78, 5) is 11.9. The van der Waals surface area contributed by atoms with E-state index in [1.165, 1.54) is 4.88 Å². The van der Waals surface area contributed by atoms with Gasteiger partial charge in [-0.1, -0.05) is 13.0 Å². The highest BCUT2D eigenvalue weighted by atomic mass is 35.5. The first-order chi connectivity index (χ1) is 5.74. The summed E-state index contributed by atoms with van der Waals surface area (Å²) in [5, 5.41) is 1.78. The van der Waals surface area contributed by atoms with E-state index < -0.39 is 0 Å². The molecule has 0 fully saturated rings. The van der Waals surface area contributed by atoms with Gasteiger partial charge >= 0.3 is 0 Å². The third-order valence-electron chi connectivity index (χ3n) is 1.85. The van der Waals surface area contributed by atoms with Gasteiger partial charge in [-0.15, -0.1) is 11.3 Å². The van der Waals surface area contributed by atoms with Crippen LogP contribution < -0.4 is 0 Å². The molecular weight excluding hydrogens is 192 g/mol. The maximum atomic E-state index is 10.7. The van der Waals surface area contributed by atoms with Crippen LogP contribution in [-0.2, 0) is 4.79 Å². The minimum Gasteiger partial charge on any atom is -0.281 e. The average molecular weight is 203 g/mol. The monoisotopic (exact) mass is 202 g/mol. The van der Waals surface area contributed by atoms with Gasteiger partial charge in [0.1, 0.15) is 0 Å². The Morgan fingerprint density at radius 3 is 2.92 bits per heavy atom. The van der Waals surface area contributed by atoms with Crippen LogP contribution in [0.3, 0.4) is 0 Å². The van der Waals surface area contributed by atoms with E-state index in [0.29, 0.717) is 12.3 Å². The molecule has 1 unspecified atom stereocenters. The molecule has 1 nitrogen and oxygen atoms in total. The Bertz CT molecular complexity index is 243. The molecule has 0 bridgehead atoms. The highest BCUT2D eigenvalue weighted by molar-refractivity contribution is 7.10. The van der Waals surface area contributed by atoms with Crippen LogP contribution in [0.15, 0.2) is 17.5 Å². The molecule has 1 heterocycles. The Kier molecular flexibility index (Phi) is 3.76. The van der Waals surface area contributed by atoms with Crippen molar-refractivity contribution in [3.63, 3.8) is 0 Å². The van der Waals surface area contributed by atoms with Gasteiger partial charge in [0.15, 0.2) is 0 Å². The molecule has 1 atom stereocenters. The fraction of sp³-hybridized carbons (Fsp3) is 0.444. The lowest BCUT2D eigenvalue weighted by Gasteiger charge is -2.08. The number of thiophene rings is 1. The third kappa shape index (κ3) is 2.61. The topological polar surface area (TPSA) is 17.1 Å². The van der Waals surface area contributed by atoms with E-state index in [1.807, 2.05) is 11.4 Å². The molecule has 0 radical (unpaired) electrons. The predicted octanol–water partition coefficient (Wildman–Crippen LogP) is 3.40. The van der Waals surface area contributed by atoms with E-state index in [2.05, 4.69) is 13.0 Å². The summed E-state index contributed by atoms with van der Waals surface area (Å²) >= 11 is 7.02. The van der Waals surface area contributed by atoms with Gasteiger partial charge in [-0.3, -0.25) is 4.79 Å². The lowest BCUT2D eigenvalue weighted by molar-refractivity contribution is -0.112. The number of hydrogen-bond acceptors (Lipinski definition) is 2. The normalized spacial score (nSPS) is 12.8. The van der Waals surface area contributed by atoms with Crippen molar-refractivity contribution in [1.82, 2.24) is 0 Å². The molecule has 0 saturated carbocycles. The Labute approximate surface area is 81.4 Å². The predicted molar refractivity (Wildman–Crippen MR) is 52.8 cm³/mol. The smallest absolute Gasteiger partial charge is 0.222 e. The first-order valence-electron chi connectivity index (χ1n) is 3.95. The first-order valence-corrected chi connectivity index (χ1v) is 5.21. The maximum Gasteiger partial charge on any atom is 0.222 e. The van der Waals surface area contributed by atoms with Gasteiger partial charge in [0.05, 0.1) is 0 Å². The van der Waals surface area contributed by atoms with Crippen LogP contribution in [-0.4, -0.2) is 5.24 Å². The highest BCUT2D eigenvalue weighted by Gasteiger charge is 2.13. The summed E-state index contributed by atoms with van der Waals surface area (Å²) < 4.78 is 0. The van der Waals surface area contributed by atoms with E-state index in [-0.39, 0.29) is 5.24 Å². The van der Waals surface area contributed by atoms with Crippen LogP contribution in [0.2, 0.25) is 0 Å². The van der Waals surface area contributed by atoms with E-state index in [4.69, 9.17) is 11.6 Å². The quantitative estimate of drug-likeness (QED) is 0.684. The van der Waals surface area contributed by atoms with Gasteiger partial charge in [-0.05, 0) is 29.5 Å². The standard InChI is InChI=1S/C9H11ClOS/c1-2-7(6-9(10)11)8-4-3-5-12-8/h3-5,7H,2,6H2,1H3. The van der Waals surface area contributed by atoms with Crippen molar-refractivity contribution >= 4 is 28.2 Å². The summed E-state index contributed by atoms with van der Waals surface area (Å²) in [5.74, 6) is 0.315. The Morgan fingerprint density at radius 1 is 1.75 bits per heavy atom. The SMILES string of the molecule is CCC(CC(=O)Cl)c1cccs1. The molecule has 1 aromatic rings. The second-order valence-corrected chi connectivity index (χ2v) is 4.08. The molecule has 0 aromatic carbocycles. The van der Waals surface area contributed by atoms with Crippen molar-refractivity contribution in [3.8, 4) is 0 Å². The number of halogens is 1. The van der Waals surface area contributed by atoms with Crippen LogP contribution >= 0.6 is 22.9 Å².